The molecule has 28 heavy (non-hydrogen) atoms. The number of piperazine rings is 1. The smallest absolute Gasteiger partial charge is 0.241 e. The number of amides is 2. The first-order valence-electron chi connectivity index (χ1n) is 10.7. The number of hydrogen-bond acceptors (Lipinski definition) is 4. The minimum Gasteiger partial charge on any atom is -0.340 e. The van der Waals surface area contributed by atoms with Gasteiger partial charge in [0.05, 0.1) is 12.5 Å². The number of nitrogens with zero attached hydrogens (tertiary/aromatic N) is 2. The molecule has 3 atom stereocenters. The van der Waals surface area contributed by atoms with Crippen molar-refractivity contribution in [3.63, 3.8) is 0 Å². The maximum absolute atomic E-state index is 12.7. The van der Waals surface area contributed by atoms with Crippen molar-refractivity contribution < 1.29 is 9.59 Å². The molecule has 0 spiro atoms. The number of benzene rings is 1. The predicted molar refractivity (Wildman–Crippen MR) is 110 cm³/mol. The summed E-state index contributed by atoms with van der Waals surface area (Å²) < 4.78 is 0. The third-order valence-electron chi connectivity index (χ3n) is 6.59. The van der Waals surface area contributed by atoms with Crippen molar-refractivity contribution >= 4 is 17.5 Å². The Labute approximate surface area is 167 Å². The Kier molecular flexibility index (Phi) is 5.97. The molecular weight excluding hydrogens is 352 g/mol. The Morgan fingerprint density at radius 2 is 1.93 bits per heavy atom. The van der Waals surface area contributed by atoms with E-state index >= 15 is 0 Å². The summed E-state index contributed by atoms with van der Waals surface area (Å²) in [6, 6.07) is 8.15. The second-order valence-corrected chi connectivity index (χ2v) is 8.66. The summed E-state index contributed by atoms with van der Waals surface area (Å²) in [5, 5.41) is 6.59. The molecule has 152 valence electrons. The lowest BCUT2D eigenvalue weighted by molar-refractivity contribution is -0.132. The maximum Gasteiger partial charge on any atom is 0.241 e. The summed E-state index contributed by atoms with van der Waals surface area (Å²) in [5.74, 6) is 0.868. The number of carbonyl (C=O) groups is 2. The molecule has 0 bridgehead atoms. The van der Waals surface area contributed by atoms with Gasteiger partial charge in [-0.3, -0.25) is 9.59 Å². The molecule has 1 aromatic carbocycles. The average Bonchev–Trinajstić information content (AvgIpc) is 3.13. The highest BCUT2D eigenvalue weighted by molar-refractivity contribution is 5.95. The highest BCUT2D eigenvalue weighted by Crippen LogP contribution is 2.33. The van der Waals surface area contributed by atoms with Gasteiger partial charge in [0.2, 0.25) is 11.8 Å². The van der Waals surface area contributed by atoms with Gasteiger partial charge in [-0.15, -0.1) is 0 Å². The summed E-state index contributed by atoms with van der Waals surface area (Å²) >= 11 is 0. The second-order valence-electron chi connectivity index (χ2n) is 8.66. The van der Waals surface area contributed by atoms with Gasteiger partial charge in [-0.2, -0.15) is 0 Å². The van der Waals surface area contributed by atoms with Gasteiger partial charge in [-0.25, -0.2) is 0 Å². The normalized spacial score (nSPS) is 28.0. The highest BCUT2D eigenvalue weighted by Gasteiger charge is 2.38. The van der Waals surface area contributed by atoms with E-state index in [1.807, 2.05) is 29.2 Å². The van der Waals surface area contributed by atoms with Crippen LogP contribution in [-0.4, -0.2) is 66.9 Å². The van der Waals surface area contributed by atoms with Gasteiger partial charge in [0.15, 0.2) is 0 Å². The third kappa shape index (κ3) is 4.55. The number of likely N-dealkylation sites (N-methyl/N-ethyl adjacent to an activating group) is 1. The van der Waals surface area contributed by atoms with E-state index in [9.17, 15) is 9.59 Å². The zero-order chi connectivity index (χ0) is 19.5. The van der Waals surface area contributed by atoms with E-state index in [1.165, 1.54) is 25.7 Å². The molecule has 2 amide bonds. The second kappa shape index (κ2) is 8.62. The van der Waals surface area contributed by atoms with Crippen LogP contribution in [0, 0.1) is 5.92 Å². The standard InChI is InChI=1S/C22H32N4O2/c1-25-9-11-26(12-10-25)21(27)14-16-5-4-7-18(13-16)23-22(28)20-15-17-6-2-3-8-19(17)24-20/h4-5,7,13,17,19-20,24H,2-3,6,8-12,14-15H2,1H3,(H,23,28). The van der Waals surface area contributed by atoms with Crippen molar-refractivity contribution in [2.24, 2.45) is 5.92 Å². The van der Waals surface area contributed by atoms with Crippen molar-refractivity contribution in [2.45, 2.75) is 50.6 Å². The van der Waals surface area contributed by atoms with Crippen LogP contribution in [0.5, 0.6) is 0 Å². The molecule has 2 aliphatic heterocycles. The number of hydrogen-bond donors (Lipinski definition) is 2. The van der Waals surface area contributed by atoms with E-state index in [0.29, 0.717) is 18.4 Å². The molecule has 3 aliphatic rings. The van der Waals surface area contributed by atoms with Crippen LogP contribution in [0.25, 0.3) is 0 Å². The van der Waals surface area contributed by atoms with Crippen molar-refractivity contribution in [3.05, 3.63) is 29.8 Å². The predicted octanol–water partition coefficient (Wildman–Crippen LogP) is 1.86. The molecule has 3 unspecified atom stereocenters. The van der Waals surface area contributed by atoms with Gasteiger partial charge in [0, 0.05) is 37.9 Å². The zero-order valence-electron chi connectivity index (χ0n) is 16.8. The van der Waals surface area contributed by atoms with E-state index < -0.39 is 0 Å². The molecule has 2 N–H and O–H groups in total. The van der Waals surface area contributed by atoms with Gasteiger partial charge < -0.3 is 20.4 Å². The van der Waals surface area contributed by atoms with Crippen LogP contribution in [0.1, 0.15) is 37.7 Å². The monoisotopic (exact) mass is 384 g/mol. The minimum atomic E-state index is -0.0938. The SMILES string of the molecule is CN1CCN(C(=O)Cc2cccc(NC(=O)C3CC4CCCCC4N3)c2)CC1. The third-order valence-corrected chi connectivity index (χ3v) is 6.59. The number of anilines is 1. The molecule has 2 heterocycles. The molecule has 6 heteroatoms. The molecule has 1 saturated carbocycles. The number of fused-ring (bicyclic) bond motifs is 1. The van der Waals surface area contributed by atoms with Crippen LogP contribution in [0.2, 0.25) is 0 Å². The Morgan fingerprint density at radius 3 is 2.71 bits per heavy atom. The molecule has 2 saturated heterocycles. The maximum atomic E-state index is 12.7. The molecule has 3 fully saturated rings. The van der Waals surface area contributed by atoms with Crippen LogP contribution in [0.15, 0.2) is 24.3 Å². The molecule has 0 aromatic heterocycles. The molecular formula is C22H32N4O2. The summed E-state index contributed by atoms with van der Waals surface area (Å²) in [7, 11) is 2.09. The van der Waals surface area contributed by atoms with Gasteiger partial charge in [-0.05, 0) is 49.9 Å². The van der Waals surface area contributed by atoms with Crippen LogP contribution in [-0.2, 0) is 16.0 Å². The number of carbonyl (C=O) groups excluding carboxylic acids is 2. The Balaban J connectivity index is 1.32. The lowest BCUT2D eigenvalue weighted by atomic mass is 9.85. The Hall–Kier alpha value is -1.92. The fourth-order valence-corrected chi connectivity index (χ4v) is 4.85. The summed E-state index contributed by atoms with van der Waals surface area (Å²) in [6.45, 7) is 3.44. The fraction of sp³-hybridized carbons (Fsp3) is 0.636. The van der Waals surface area contributed by atoms with E-state index in [4.69, 9.17) is 0 Å². The quantitative estimate of drug-likeness (QED) is 0.832. The molecule has 4 rings (SSSR count). The molecule has 1 aromatic rings. The number of nitrogens with one attached hydrogen (secondary N) is 2. The van der Waals surface area contributed by atoms with E-state index in [-0.39, 0.29) is 17.9 Å². The van der Waals surface area contributed by atoms with Gasteiger partial charge >= 0.3 is 0 Å². The first-order chi connectivity index (χ1) is 13.6. The van der Waals surface area contributed by atoms with E-state index in [2.05, 4.69) is 22.6 Å². The topological polar surface area (TPSA) is 64.7 Å². The first kappa shape index (κ1) is 19.4. The first-order valence-corrected chi connectivity index (χ1v) is 10.7. The molecule has 6 nitrogen and oxygen atoms in total. The van der Waals surface area contributed by atoms with Crippen molar-refractivity contribution in [1.82, 2.24) is 15.1 Å². The van der Waals surface area contributed by atoms with Crippen LogP contribution in [0.3, 0.4) is 0 Å². The van der Waals surface area contributed by atoms with Gasteiger partial charge in [-0.1, -0.05) is 25.0 Å². The largest absolute Gasteiger partial charge is 0.340 e. The molecule has 1 aliphatic carbocycles. The Bertz CT molecular complexity index is 700. The average molecular weight is 385 g/mol. The van der Waals surface area contributed by atoms with E-state index in [0.717, 1.165) is 43.9 Å². The van der Waals surface area contributed by atoms with Crippen LogP contribution in [0.4, 0.5) is 5.69 Å². The summed E-state index contributed by atoms with van der Waals surface area (Å²) in [4.78, 5) is 29.5. The van der Waals surface area contributed by atoms with Crippen LogP contribution < -0.4 is 10.6 Å². The van der Waals surface area contributed by atoms with Crippen molar-refractivity contribution in [3.8, 4) is 0 Å². The minimum absolute atomic E-state index is 0.0527. The van der Waals surface area contributed by atoms with Crippen molar-refractivity contribution in [1.29, 1.82) is 0 Å². The van der Waals surface area contributed by atoms with Gasteiger partial charge in [0.25, 0.3) is 0 Å². The summed E-state index contributed by atoms with van der Waals surface area (Å²) in [6.07, 6.45) is 6.33. The fourth-order valence-electron chi connectivity index (χ4n) is 4.85. The Morgan fingerprint density at radius 1 is 1.14 bits per heavy atom. The lowest BCUT2D eigenvalue weighted by Gasteiger charge is -2.32. The lowest BCUT2D eigenvalue weighted by Crippen LogP contribution is -2.47. The van der Waals surface area contributed by atoms with Crippen molar-refractivity contribution in [2.75, 3.05) is 38.5 Å². The van der Waals surface area contributed by atoms with E-state index in [1.54, 1.807) is 0 Å². The number of rotatable bonds is 4. The highest BCUT2D eigenvalue weighted by atomic mass is 16.2. The summed E-state index contributed by atoms with van der Waals surface area (Å²) in [5.41, 5.74) is 1.74. The zero-order valence-corrected chi connectivity index (χ0v) is 16.8. The molecule has 0 radical (unpaired) electrons. The van der Waals surface area contributed by atoms with Gasteiger partial charge in [0.1, 0.15) is 0 Å². The van der Waals surface area contributed by atoms with Crippen LogP contribution >= 0.6 is 0 Å².